The van der Waals surface area contributed by atoms with Crippen LogP contribution >= 0.6 is 11.8 Å². The molecule has 2 aliphatic rings. The van der Waals surface area contributed by atoms with Crippen molar-refractivity contribution in [3.05, 3.63) is 82.8 Å². The number of rotatable bonds is 6. The van der Waals surface area contributed by atoms with Crippen molar-refractivity contribution in [2.75, 3.05) is 19.6 Å². The molecule has 0 spiro atoms. The topological polar surface area (TPSA) is 66.9 Å². The van der Waals surface area contributed by atoms with E-state index in [0.717, 1.165) is 46.9 Å². The maximum atomic E-state index is 13.0. The molecule has 3 amide bonds. The Bertz CT molecular complexity index is 1310. The molecule has 2 fully saturated rings. The van der Waals surface area contributed by atoms with Gasteiger partial charge in [-0.25, -0.2) is 0 Å². The first-order valence-corrected chi connectivity index (χ1v) is 12.6. The zero-order chi connectivity index (χ0) is 24.2. The third kappa shape index (κ3) is 5.25. The van der Waals surface area contributed by atoms with Crippen LogP contribution in [0.15, 0.2) is 71.6 Å². The molecule has 0 saturated carbocycles. The molecule has 2 heterocycles. The van der Waals surface area contributed by atoms with Crippen molar-refractivity contribution in [1.82, 2.24) is 9.80 Å². The third-order valence-corrected chi connectivity index (χ3v) is 7.20. The lowest BCUT2D eigenvalue weighted by atomic mass is 10.1. The number of imide groups is 1. The van der Waals surface area contributed by atoms with Gasteiger partial charge in [0.15, 0.2) is 0 Å². The van der Waals surface area contributed by atoms with Gasteiger partial charge in [-0.05, 0) is 65.6 Å². The molecular formula is C28H26N2O4S. The molecule has 178 valence electrons. The molecule has 7 heteroatoms. The van der Waals surface area contributed by atoms with Crippen molar-refractivity contribution in [2.45, 2.75) is 25.9 Å². The largest absolute Gasteiger partial charge is 0.488 e. The van der Waals surface area contributed by atoms with Crippen molar-refractivity contribution < 1.29 is 19.1 Å². The molecule has 0 aromatic heterocycles. The molecule has 0 aliphatic carbocycles. The number of carbonyl (C=O) groups excluding carboxylic acids is 3. The fourth-order valence-electron chi connectivity index (χ4n) is 4.38. The van der Waals surface area contributed by atoms with Crippen molar-refractivity contribution >= 4 is 45.7 Å². The number of piperidine rings is 1. The van der Waals surface area contributed by atoms with E-state index in [2.05, 4.69) is 24.3 Å². The Balaban J connectivity index is 1.29. The maximum absolute atomic E-state index is 13.0. The van der Waals surface area contributed by atoms with Crippen LogP contribution in [-0.2, 0) is 16.2 Å². The minimum absolute atomic E-state index is 0.174. The highest BCUT2D eigenvalue weighted by molar-refractivity contribution is 8.18. The predicted octanol–water partition coefficient (Wildman–Crippen LogP) is 5.47. The van der Waals surface area contributed by atoms with Crippen LogP contribution in [0, 0.1) is 0 Å². The second-order valence-electron chi connectivity index (χ2n) is 8.72. The fraction of sp³-hybridized carbons (Fsp3) is 0.250. The maximum Gasteiger partial charge on any atom is 0.294 e. The highest BCUT2D eigenvalue weighted by atomic mass is 32.2. The van der Waals surface area contributed by atoms with Gasteiger partial charge in [0.2, 0.25) is 5.91 Å². The van der Waals surface area contributed by atoms with Gasteiger partial charge in [-0.15, -0.1) is 0 Å². The summed E-state index contributed by atoms with van der Waals surface area (Å²) < 4.78 is 6.09. The molecule has 0 atom stereocenters. The summed E-state index contributed by atoms with van der Waals surface area (Å²) >= 11 is 0.862. The lowest BCUT2D eigenvalue weighted by Crippen LogP contribution is -2.44. The highest BCUT2D eigenvalue weighted by Crippen LogP contribution is 2.34. The van der Waals surface area contributed by atoms with E-state index in [1.807, 2.05) is 42.5 Å². The summed E-state index contributed by atoms with van der Waals surface area (Å²) in [5, 5.41) is 1.90. The van der Waals surface area contributed by atoms with Crippen LogP contribution < -0.4 is 4.74 Å². The number of nitrogens with zero attached hydrogens (tertiary/aromatic N) is 2. The molecule has 3 aromatic rings. The number of hydrogen-bond donors (Lipinski definition) is 0. The van der Waals surface area contributed by atoms with Crippen LogP contribution in [0.4, 0.5) is 4.79 Å². The minimum Gasteiger partial charge on any atom is -0.488 e. The molecule has 2 aliphatic heterocycles. The first kappa shape index (κ1) is 23.2. The number of para-hydroxylation sites is 1. The van der Waals surface area contributed by atoms with E-state index in [4.69, 9.17) is 4.74 Å². The predicted molar refractivity (Wildman–Crippen MR) is 138 cm³/mol. The number of thioether (sulfide) groups is 1. The minimum atomic E-state index is -0.435. The fourth-order valence-corrected chi connectivity index (χ4v) is 5.21. The standard InChI is InChI=1S/C28H26N2O4S/c31-26(29-14-6-1-7-15-29)18-30-27(32)25(35-28(30)33)17-23-10-4-5-11-24(23)34-19-20-12-13-21-8-2-3-9-22(21)16-20/h2-5,8-13,16-17H,1,6-7,14-15,18-19H2/b25-17-. The van der Waals surface area contributed by atoms with Gasteiger partial charge < -0.3 is 9.64 Å². The number of benzene rings is 3. The van der Waals surface area contributed by atoms with Crippen molar-refractivity contribution in [2.24, 2.45) is 0 Å². The van der Waals surface area contributed by atoms with Crippen LogP contribution in [0.3, 0.4) is 0 Å². The lowest BCUT2D eigenvalue weighted by molar-refractivity contribution is -0.136. The Morgan fingerprint density at radius 1 is 0.914 bits per heavy atom. The Kier molecular flexibility index (Phi) is 6.86. The molecule has 35 heavy (non-hydrogen) atoms. The van der Waals surface area contributed by atoms with Gasteiger partial charge in [-0.2, -0.15) is 0 Å². The van der Waals surface area contributed by atoms with Crippen molar-refractivity contribution in [1.29, 1.82) is 0 Å². The first-order valence-electron chi connectivity index (χ1n) is 11.8. The Morgan fingerprint density at radius 2 is 1.66 bits per heavy atom. The Morgan fingerprint density at radius 3 is 2.49 bits per heavy atom. The average molecular weight is 487 g/mol. The summed E-state index contributed by atoms with van der Waals surface area (Å²) in [4.78, 5) is 41.2. The highest BCUT2D eigenvalue weighted by Gasteiger charge is 2.37. The smallest absolute Gasteiger partial charge is 0.294 e. The molecule has 5 rings (SSSR count). The summed E-state index contributed by atoms with van der Waals surface area (Å²) in [6, 6.07) is 21.8. The number of fused-ring (bicyclic) bond motifs is 1. The second kappa shape index (κ2) is 10.4. The van der Waals surface area contributed by atoms with E-state index in [1.54, 1.807) is 11.0 Å². The summed E-state index contributed by atoms with van der Waals surface area (Å²) in [5.74, 6) is 0.0129. The third-order valence-electron chi connectivity index (χ3n) is 6.29. The summed E-state index contributed by atoms with van der Waals surface area (Å²) in [7, 11) is 0. The van der Waals surface area contributed by atoms with E-state index >= 15 is 0 Å². The van der Waals surface area contributed by atoms with Gasteiger partial charge in [0.1, 0.15) is 18.9 Å². The second-order valence-corrected chi connectivity index (χ2v) is 9.71. The van der Waals surface area contributed by atoms with E-state index in [9.17, 15) is 14.4 Å². The van der Waals surface area contributed by atoms with Gasteiger partial charge in [-0.1, -0.05) is 54.6 Å². The molecule has 6 nitrogen and oxygen atoms in total. The van der Waals surface area contributed by atoms with Gasteiger partial charge >= 0.3 is 0 Å². The van der Waals surface area contributed by atoms with Crippen LogP contribution in [-0.4, -0.2) is 46.5 Å². The summed E-state index contributed by atoms with van der Waals surface area (Å²) in [5.41, 5.74) is 1.75. The van der Waals surface area contributed by atoms with E-state index in [-0.39, 0.29) is 12.5 Å². The van der Waals surface area contributed by atoms with Crippen LogP contribution in [0.2, 0.25) is 0 Å². The zero-order valence-electron chi connectivity index (χ0n) is 19.3. The quantitative estimate of drug-likeness (QED) is 0.433. The van der Waals surface area contributed by atoms with Gasteiger partial charge in [0.25, 0.3) is 11.1 Å². The van der Waals surface area contributed by atoms with Crippen LogP contribution in [0.5, 0.6) is 5.75 Å². The van der Waals surface area contributed by atoms with Gasteiger partial charge in [0.05, 0.1) is 4.91 Å². The summed E-state index contributed by atoms with van der Waals surface area (Å²) in [6.45, 7) is 1.54. The van der Waals surface area contributed by atoms with Crippen LogP contribution in [0.1, 0.15) is 30.4 Å². The van der Waals surface area contributed by atoms with E-state index in [0.29, 0.717) is 35.9 Å². The normalized spacial score (nSPS) is 17.4. The van der Waals surface area contributed by atoms with E-state index in [1.165, 1.54) is 5.39 Å². The molecule has 3 aromatic carbocycles. The SMILES string of the molecule is O=C(CN1C(=O)S/C(=C\c2ccccc2OCc2ccc3ccccc3c2)C1=O)N1CCCCC1. The molecule has 2 saturated heterocycles. The monoisotopic (exact) mass is 486 g/mol. The number of ether oxygens (including phenoxy) is 1. The van der Waals surface area contributed by atoms with Crippen LogP contribution in [0.25, 0.3) is 16.8 Å². The number of amides is 3. The number of likely N-dealkylation sites (tertiary alicyclic amines) is 1. The van der Waals surface area contributed by atoms with Gasteiger partial charge in [-0.3, -0.25) is 19.3 Å². The Hall–Kier alpha value is -3.58. The lowest BCUT2D eigenvalue weighted by Gasteiger charge is -2.27. The zero-order valence-corrected chi connectivity index (χ0v) is 20.1. The molecule has 0 N–H and O–H groups in total. The van der Waals surface area contributed by atoms with Crippen molar-refractivity contribution in [3.63, 3.8) is 0 Å². The molecule has 0 radical (unpaired) electrons. The summed E-state index contributed by atoms with van der Waals surface area (Å²) in [6.07, 6.45) is 4.70. The first-order chi connectivity index (χ1) is 17.1. The van der Waals surface area contributed by atoms with Gasteiger partial charge in [0, 0.05) is 18.7 Å². The Labute approximate surface area is 208 Å². The molecule has 0 bridgehead atoms. The molecule has 0 unspecified atom stereocenters. The van der Waals surface area contributed by atoms with Crippen molar-refractivity contribution in [3.8, 4) is 5.75 Å². The number of carbonyl (C=O) groups is 3. The molecular weight excluding hydrogens is 460 g/mol. The number of hydrogen-bond acceptors (Lipinski definition) is 5. The van der Waals surface area contributed by atoms with E-state index < -0.39 is 11.1 Å². The average Bonchev–Trinajstić information content (AvgIpc) is 3.15.